The molecule has 0 saturated heterocycles. The lowest BCUT2D eigenvalue weighted by molar-refractivity contribution is 0.341. The van der Waals surface area contributed by atoms with Crippen molar-refractivity contribution >= 4 is 0 Å². The van der Waals surface area contributed by atoms with E-state index in [2.05, 4.69) is 6.08 Å². The van der Waals surface area contributed by atoms with Gasteiger partial charge in [-0.3, -0.25) is 0 Å². The molecule has 0 amide bonds. The summed E-state index contributed by atoms with van der Waals surface area (Å²) in [6, 6.07) is 0. The van der Waals surface area contributed by atoms with Crippen LogP contribution in [0.2, 0.25) is 0 Å². The molecular formula is C15H25FO. The quantitative estimate of drug-likeness (QED) is 0.656. The summed E-state index contributed by atoms with van der Waals surface area (Å²) in [5, 5.41) is 8.70. The Bertz CT molecular complexity index is 296. The molecule has 1 atom stereocenters. The van der Waals surface area contributed by atoms with E-state index in [-0.39, 0.29) is 6.61 Å². The maximum Gasteiger partial charge on any atom is 0.122 e. The van der Waals surface area contributed by atoms with Gasteiger partial charge in [-0.25, -0.2) is 4.39 Å². The Balaban J connectivity index is 4.02. The zero-order valence-electron chi connectivity index (χ0n) is 11.5. The second kappa shape index (κ2) is 9.17. The smallest absolute Gasteiger partial charge is 0.122 e. The van der Waals surface area contributed by atoms with Crippen LogP contribution in [0.1, 0.15) is 47.0 Å². The van der Waals surface area contributed by atoms with Crippen LogP contribution in [0.15, 0.2) is 34.9 Å². The lowest BCUT2D eigenvalue weighted by Crippen LogP contribution is -1.96. The van der Waals surface area contributed by atoms with Gasteiger partial charge in [-0.05, 0) is 40.5 Å². The van der Waals surface area contributed by atoms with Gasteiger partial charge in [-0.1, -0.05) is 34.9 Å². The van der Waals surface area contributed by atoms with Gasteiger partial charge in [0.15, 0.2) is 0 Å². The zero-order chi connectivity index (χ0) is 13.3. The molecule has 98 valence electrons. The molecule has 1 N–H and O–H groups in total. The second-order valence-corrected chi connectivity index (χ2v) is 4.79. The van der Waals surface area contributed by atoms with Crippen molar-refractivity contribution in [1.82, 2.24) is 0 Å². The van der Waals surface area contributed by atoms with Crippen LogP contribution in [0.5, 0.6) is 0 Å². The fourth-order valence-electron chi connectivity index (χ4n) is 1.62. The summed E-state index contributed by atoms with van der Waals surface area (Å²) in [7, 11) is 0. The van der Waals surface area contributed by atoms with Crippen LogP contribution in [0.25, 0.3) is 0 Å². The van der Waals surface area contributed by atoms with Crippen molar-refractivity contribution in [3.8, 4) is 0 Å². The normalized spacial score (nSPS) is 14.7. The molecular weight excluding hydrogens is 215 g/mol. The van der Waals surface area contributed by atoms with Gasteiger partial charge in [0.05, 0.1) is 6.61 Å². The Morgan fingerprint density at radius 3 is 2.29 bits per heavy atom. The third kappa shape index (κ3) is 10.0. The number of hydrogen-bond acceptors (Lipinski definition) is 1. The second-order valence-electron chi connectivity index (χ2n) is 4.79. The highest BCUT2D eigenvalue weighted by Crippen LogP contribution is 2.13. The van der Waals surface area contributed by atoms with Gasteiger partial charge in [0.1, 0.15) is 6.17 Å². The summed E-state index contributed by atoms with van der Waals surface area (Å²) in [5.74, 6) is 0. The van der Waals surface area contributed by atoms with E-state index in [1.54, 1.807) is 6.08 Å². The molecule has 0 saturated carbocycles. The molecule has 0 spiro atoms. The molecule has 0 aliphatic heterocycles. The van der Waals surface area contributed by atoms with E-state index >= 15 is 0 Å². The molecule has 0 aliphatic rings. The average molecular weight is 240 g/mol. The molecule has 0 aliphatic carbocycles. The van der Waals surface area contributed by atoms with Crippen molar-refractivity contribution in [2.45, 2.75) is 53.1 Å². The fraction of sp³-hybridized carbons (Fsp3) is 0.600. The minimum absolute atomic E-state index is 0.0989. The van der Waals surface area contributed by atoms with Gasteiger partial charge < -0.3 is 5.11 Å². The van der Waals surface area contributed by atoms with Crippen LogP contribution in [0.3, 0.4) is 0 Å². The van der Waals surface area contributed by atoms with Crippen LogP contribution in [-0.2, 0) is 0 Å². The molecule has 0 aromatic carbocycles. The Hall–Kier alpha value is -0.890. The topological polar surface area (TPSA) is 20.2 Å². The molecule has 0 aromatic heterocycles. The molecule has 17 heavy (non-hydrogen) atoms. The Kier molecular flexibility index (Phi) is 8.69. The highest BCUT2D eigenvalue weighted by Gasteiger charge is 2.02. The summed E-state index contributed by atoms with van der Waals surface area (Å²) in [6.07, 6.45) is 7.00. The maximum absolute atomic E-state index is 13.4. The van der Waals surface area contributed by atoms with E-state index in [0.717, 1.165) is 24.0 Å². The minimum Gasteiger partial charge on any atom is -0.392 e. The van der Waals surface area contributed by atoms with Crippen molar-refractivity contribution in [2.75, 3.05) is 6.61 Å². The maximum atomic E-state index is 13.4. The van der Waals surface area contributed by atoms with Gasteiger partial charge in [-0.2, -0.15) is 0 Å². The molecule has 1 unspecified atom stereocenters. The van der Waals surface area contributed by atoms with Crippen LogP contribution < -0.4 is 0 Å². The predicted molar refractivity (Wildman–Crippen MR) is 72.8 cm³/mol. The number of hydrogen-bond donors (Lipinski definition) is 1. The van der Waals surface area contributed by atoms with Crippen molar-refractivity contribution in [2.24, 2.45) is 0 Å². The minimum atomic E-state index is -0.870. The Labute approximate surface area is 105 Å². The van der Waals surface area contributed by atoms with Crippen LogP contribution in [0.4, 0.5) is 4.39 Å². The largest absolute Gasteiger partial charge is 0.392 e. The van der Waals surface area contributed by atoms with Gasteiger partial charge in [0.2, 0.25) is 0 Å². The van der Waals surface area contributed by atoms with Crippen molar-refractivity contribution in [3.63, 3.8) is 0 Å². The highest BCUT2D eigenvalue weighted by molar-refractivity contribution is 5.08. The van der Waals surface area contributed by atoms with Crippen LogP contribution in [-0.4, -0.2) is 17.9 Å². The third-order valence-corrected chi connectivity index (χ3v) is 2.50. The number of aliphatic hydroxyl groups is 1. The van der Waals surface area contributed by atoms with Crippen LogP contribution in [0, 0.1) is 0 Å². The standard InChI is InChI=1S/C15H25FO/c1-12(2)10-15(16)11-14(4)7-5-6-13(3)8-9-17/h7-8,10,15,17H,5-6,9,11H2,1-4H3. The van der Waals surface area contributed by atoms with Gasteiger partial charge in [-0.15, -0.1) is 0 Å². The SMILES string of the molecule is CC(C)=CC(F)CC(C)=CCCC(C)=CCO. The van der Waals surface area contributed by atoms with Gasteiger partial charge in [0.25, 0.3) is 0 Å². The summed E-state index contributed by atoms with van der Waals surface area (Å²) < 4.78 is 13.4. The third-order valence-electron chi connectivity index (χ3n) is 2.50. The molecule has 1 nitrogen and oxygen atoms in total. The molecule has 0 heterocycles. The molecule has 0 radical (unpaired) electrons. The monoisotopic (exact) mass is 240 g/mol. The Morgan fingerprint density at radius 1 is 1.12 bits per heavy atom. The fourth-order valence-corrected chi connectivity index (χ4v) is 1.62. The highest BCUT2D eigenvalue weighted by atomic mass is 19.1. The summed E-state index contributed by atoms with van der Waals surface area (Å²) >= 11 is 0. The van der Waals surface area contributed by atoms with E-state index in [4.69, 9.17) is 5.11 Å². The number of alkyl halides is 1. The zero-order valence-corrected chi connectivity index (χ0v) is 11.5. The number of rotatable bonds is 7. The first-order chi connectivity index (χ1) is 7.95. The summed E-state index contributed by atoms with van der Waals surface area (Å²) in [4.78, 5) is 0. The Morgan fingerprint density at radius 2 is 1.76 bits per heavy atom. The van der Waals surface area contributed by atoms with E-state index in [9.17, 15) is 4.39 Å². The van der Waals surface area contributed by atoms with Crippen molar-refractivity contribution in [3.05, 3.63) is 34.9 Å². The predicted octanol–water partition coefficient (Wildman–Crippen LogP) is 4.35. The molecule has 2 heteroatoms. The van der Waals surface area contributed by atoms with E-state index < -0.39 is 6.17 Å². The van der Waals surface area contributed by atoms with Crippen molar-refractivity contribution in [1.29, 1.82) is 0 Å². The first-order valence-electron chi connectivity index (χ1n) is 6.17. The lowest BCUT2D eigenvalue weighted by Gasteiger charge is -2.05. The van der Waals surface area contributed by atoms with Gasteiger partial charge >= 0.3 is 0 Å². The van der Waals surface area contributed by atoms with E-state index in [1.807, 2.05) is 33.8 Å². The summed E-state index contributed by atoms with van der Waals surface area (Å²) in [6.45, 7) is 7.89. The van der Waals surface area contributed by atoms with Crippen molar-refractivity contribution < 1.29 is 9.50 Å². The number of halogens is 1. The molecule has 0 fully saturated rings. The molecule has 0 aromatic rings. The molecule has 0 bridgehead atoms. The van der Waals surface area contributed by atoms with E-state index in [0.29, 0.717) is 6.42 Å². The summed E-state index contributed by atoms with van der Waals surface area (Å²) in [5.41, 5.74) is 3.29. The molecule has 0 rings (SSSR count). The van der Waals surface area contributed by atoms with E-state index in [1.165, 1.54) is 5.57 Å². The average Bonchev–Trinajstić information content (AvgIpc) is 2.16. The lowest BCUT2D eigenvalue weighted by atomic mass is 10.1. The number of aliphatic hydroxyl groups excluding tert-OH is 1. The number of allylic oxidation sites excluding steroid dienone is 5. The van der Waals surface area contributed by atoms with Gasteiger partial charge in [0, 0.05) is 6.42 Å². The first-order valence-corrected chi connectivity index (χ1v) is 6.17. The van der Waals surface area contributed by atoms with Crippen LogP contribution >= 0.6 is 0 Å². The first kappa shape index (κ1) is 16.1.